The molecule has 0 unspecified atom stereocenters. The fraction of sp³-hybridized carbons (Fsp3) is 0.550. The molecule has 1 aliphatic carbocycles. The zero-order chi connectivity index (χ0) is 19.5. The van der Waals surface area contributed by atoms with E-state index in [1.165, 1.54) is 18.4 Å². The van der Waals surface area contributed by atoms with Crippen molar-refractivity contribution in [1.29, 1.82) is 0 Å². The Balaban J connectivity index is 1.64. The van der Waals surface area contributed by atoms with E-state index in [1.807, 2.05) is 0 Å². The van der Waals surface area contributed by atoms with Crippen molar-refractivity contribution in [3.63, 3.8) is 0 Å². The second-order valence-corrected chi connectivity index (χ2v) is 9.02. The molecule has 1 saturated carbocycles. The Bertz CT molecular complexity index is 805. The average molecular weight is 434 g/mol. The SMILES string of the molecule is CCNC(=NCc1noc(C(C)(C)C)n1)NCC1(c2cccc(Br)c2)CC1. The Morgan fingerprint density at radius 3 is 2.67 bits per heavy atom. The van der Waals surface area contributed by atoms with Gasteiger partial charge in [0.05, 0.1) is 0 Å². The molecular formula is C20H28BrN5O. The number of halogens is 1. The number of nitrogens with zero attached hydrogens (tertiary/aromatic N) is 3. The van der Waals surface area contributed by atoms with Crippen LogP contribution in [-0.4, -0.2) is 29.2 Å². The molecule has 2 N–H and O–H groups in total. The standard InChI is InChI=1S/C20H28BrN5O/c1-5-22-18(23-12-16-25-17(27-26-16)19(2,3)4)24-13-20(9-10-20)14-7-6-8-15(21)11-14/h6-8,11H,5,9-10,12-13H2,1-4H3,(H2,22,23,24). The number of benzene rings is 1. The summed E-state index contributed by atoms with van der Waals surface area (Å²) < 4.78 is 6.46. The molecule has 0 saturated heterocycles. The van der Waals surface area contributed by atoms with Crippen molar-refractivity contribution in [3.8, 4) is 0 Å². The Hall–Kier alpha value is -1.89. The van der Waals surface area contributed by atoms with E-state index >= 15 is 0 Å². The monoisotopic (exact) mass is 433 g/mol. The molecule has 27 heavy (non-hydrogen) atoms. The number of aliphatic imine (C=N–C) groups is 1. The maximum atomic E-state index is 5.34. The van der Waals surface area contributed by atoms with Gasteiger partial charge >= 0.3 is 0 Å². The average Bonchev–Trinajstić information content (AvgIpc) is 3.25. The zero-order valence-electron chi connectivity index (χ0n) is 16.5. The molecule has 6 nitrogen and oxygen atoms in total. The van der Waals surface area contributed by atoms with Gasteiger partial charge in [0.25, 0.3) is 0 Å². The van der Waals surface area contributed by atoms with Gasteiger partial charge in [0.1, 0.15) is 6.54 Å². The second-order valence-electron chi connectivity index (χ2n) is 8.11. The third kappa shape index (κ3) is 5.09. The molecule has 0 aliphatic heterocycles. The maximum absolute atomic E-state index is 5.34. The molecule has 0 amide bonds. The molecule has 1 aromatic heterocycles. The summed E-state index contributed by atoms with van der Waals surface area (Å²) in [6.45, 7) is 10.3. The van der Waals surface area contributed by atoms with E-state index in [0.717, 1.165) is 23.5 Å². The molecule has 2 aromatic rings. The highest BCUT2D eigenvalue weighted by molar-refractivity contribution is 9.10. The molecule has 1 aliphatic rings. The van der Waals surface area contributed by atoms with Gasteiger partial charge in [0.2, 0.25) is 5.89 Å². The third-order valence-corrected chi connectivity index (χ3v) is 5.21. The predicted octanol–water partition coefficient (Wildman–Crippen LogP) is 3.92. The van der Waals surface area contributed by atoms with Crippen LogP contribution in [0.5, 0.6) is 0 Å². The molecule has 3 rings (SSSR count). The van der Waals surface area contributed by atoms with Crippen molar-refractivity contribution in [3.05, 3.63) is 46.0 Å². The van der Waals surface area contributed by atoms with Gasteiger partial charge in [-0.3, -0.25) is 0 Å². The molecule has 0 radical (unpaired) electrons. The van der Waals surface area contributed by atoms with Gasteiger partial charge in [-0.1, -0.05) is 54.0 Å². The van der Waals surface area contributed by atoms with Crippen molar-refractivity contribution in [2.24, 2.45) is 4.99 Å². The van der Waals surface area contributed by atoms with E-state index in [0.29, 0.717) is 18.3 Å². The van der Waals surface area contributed by atoms with Gasteiger partial charge in [0.15, 0.2) is 11.8 Å². The second kappa shape index (κ2) is 8.00. The van der Waals surface area contributed by atoms with Crippen LogP contribution in [0.1, 0.15) is 57.8 Å². The highest BCUT2D eigenvalue weighted by atomic mass is 79.9. The van der Waals surface area contributed by atoms with E-state index in [2.05, 4.69) is 93.7 Å². The van der Waals surface area contributed by atoms with Crippen molar-refractivity contribution in [1.82, 2.24) is 20.8 Å². The van der Waals surface area contributed by atoms with E-state index in [1.54, 1.807) is 0 Å². The lowest BCUT2D eigenvalue weighted by atomic mass is 9.96. The largest absolute Gasteiger partial charge is 0.357 e. The van der Waals surface area contributed by atoms with Crippen molar-refractivity contribution >= 4 is 21.9 Å². The third-order valence-electron chi connectivity index (χ3n) is 4.72. The van der Waals surface area contributed by atoms with E-state index in [-0.39, 0.29) is 10.8 Å². The minimum absolute atomic E-state index is 0.153. The zero-order valence-corrected chi connectivity index (χ0v) is 18.1. The summed E-state index contributed by atoms with van der Waals surface area (Å²) in [6, 6.07) is 8.58. The summed E-state index contributed by atoms with van der Waals surface area (Å²) >= 11 is 3.57. The Morgan fingerprint density at radius 1 is 1.30 bits per heavy atom. The number of nitrogens with one attached hydrogen (secondary N) is 2. The molecule has 1 aromatic carbocycles. The first-order valence-corrected chi connectivity index (χ1v) is 10.2. The smallest absolute Gasteiger partial charge is 0.232 e. The van der Waals surface area contributed by atoms with E-state index < -0.39 is 0 Å². The molecular weight excluding hydrogens is 406 g/mol. The lowest BCUT2D eigenvalue weighted by molar-refractivity contribution is 0.318. The molecule has 1 heterocycles. The van der Waals surface area contributed by atoms with Crippen LogP contribution in [0.15, 0.2) is 38.3 Å². The highest BCUT2D eigenvalue weighted by Gasteiger charge is 2.44. The number of guanidine groups is 1. The van der Waals surface area contributed by atoms with Crippen LogP contribution in [-0.2, 0) is 17.4 Å². The van der Waals surface area contributed by atoms with Crippen LogP contribution in [0.25, 0.3) is 0 Å². The van der Waals surface area contributed by atoms with E-state index in [9.17, 15) is 0 Å². The summed E-state index contributed by atoms with van der Waals surface area (Å²) in [5.74, 6) is 2.02. The van der Waals surface area contributed by atoms with Gasteiger partial charge in [-0.05, 0) is 37.5 Å². The Morgan fingerprint density at radius 2 is 2.07 bits per heavy atom. The van der Waals surface area contributed by atoms with Crippen LogP contribution in [0.3, 0.4) is 0 Å². The van der Waals surface area contributed by atoms with Gasteiger partial charge in [-0.25, -0.2) is 4.99 Å². The molecule has 146 valence electrons. The van der Waals surface area contributed by atoms with Crippen molar-refractivity contribution in [2.75, 3.05) is 13.1 Å². The van der Waals surface area contributed by atoms with Crippen molar-refractivity contribution in [2.45, 2.75) is 57.9 Å². The first-order valence-electron chi connectivity index (χ1n) is 9.44. The number of rotatable bonds is 6. The van der Waals surface area contributed by atoms with Crippen LogP contribution in [0, 0.1) is 0 Å². The molecule has 1 fully saturated rings. The highest BCUT2D eigenvalue weighted by Crippen LogP contribution is 2.48. The lowest BCUT2D eigenvalue weighted by Gasteiger charge is -2.19. The molecule has 0 atom stereocenters. The summed E-state index contributed by atoms with van der Waals surface area (Å²) in [5.41, 5.74) is 1.42. The van der Waals surface area contributed by atoms with Crippen LogP contribution in [0.2, 0.25) is 0 Å². The molecule has 7 heteroatoms. The van der Waals surface area contributed by atoms with Crippen LogP contribution >= 0.6 is 15.9 Å². The Labute approximate surface area is 169 Å². The van der Waals surface area contributed by atoms with Gasteiger partial charge < -0.3 is 15.2 Å². The molecule has 0 bridgehead atoms. The van der Waals surface area contributed by atoms with Gasteiger partial charge in [-0.2, -0.15) is 4.98 Å². The summed E-state index contributed by atoms with van der Waals surface area (Å²) in [5, 5.41) is 10.8. The first-order chi connectivity index (χ1) is 12.8. The van der Waals surface area contributed by atoms with Gasteiger partial charge in [0, 0.05) is 28.4 Å². The van der Waals surface area contributed by atoms with Gasteiger partial charge in [-0.15, -0.1) is 0 Å². The minimum Gasteiger partial charge on any atom is -0.357 e. The fourth-order valence-electron chi connectivity index (χ4n) is 2.90. The quantitative estimate of drug-likeness (QED) is 0.533. The number of aromatic nitrogens is 2. The summed E-state index contributed by atoms with van der Waals surface area (Å²) in [4.78, 5) is 9.07. The maximum Gasteiger partial charge on any atom is 0.232 e. The van der Waals surface area contributed by atoms with Crippen LogP contribution < -0.4 is 10.6 Å². The molecule has 0 spiro atoms. The minimum atomic E-state index is -0.153. The first kappa shape index (κ1) is 19.9. The lowest BCUT2D eigenvalue weighted by Crippen LogP contribution is -2.41. The normalized spacial score (nSPS) is 16.3. The van der Waals surface area contributed by atoms with E-state index in [4.69, 9.17) is 4.52 Å². The predicted molar refractivity (Wildman–Crippen MR) is 111 cm³/mol. The summed E-state index contributed by atoms with van der Waals surface area (Å²) in [6.07, 6.45) is 2.38. The van der Waals surface area contributed by atoms with Crippen molar-refractivity contribution < 1.29 is 4.52 Å². The number of hydrogen-bond acceptors (Lipinski definition) is 4. The Kier molecular flexibility index (Phi) is 5.89. The fourth-order valence-corrected chi connectivity index (χ4v) is 3.30. The van der Waals surface area contributed by atoms with Crippen LogP contribution in [0.4, 0.5) is 0 Å². The topological polar surface area (TPSA) is 75.3 Å². The summed E-state index contributed by atoms with van der Waals surface area (Å²) in [7, 11) is 0. The number of hydrogen-bond donors (Lipinski definition) is 2.